The highest BCUT2D eigenvalue weighted by Crippen LogP contribution is 2.08. The molecule has 0 unspecified atom stereocenters. The van der Waals surface area contributed by atoms with Crippen LogP contribution in [0.25, 0.3) is 0 Å². The molecule has 60 valence electrons. The largest absolute Gasteiger partial charge is 0.359 e. The molecule has 0 atom stereocenters. The molecule has 0 aromatic carbocycles. The normalized spacial score (nSPS) is 9.64. The molecule has 0 aliphatic rings. The van der Waals surface area contributed by atoms with Crippen molar-refractivity contribution in [2.24, 2.45) is 0 Å². The van der Waals surface area contributed by atoms with Gasteiger partial charge >= 0.3 is 0 Å². The minimum Gasteiger partial charge on any atom is -0.359 e. The van der Waals surface area contributed by atoms with Gasteiger partial charge in [0, 0.05) is 7.05 Å². The zero-order valence-corrected chi connectivity index (χ0v) is 7.23. The van der Waals surface area contributed by atoms with Crippen molar-refractivity contribution in [3.05, 3.63) is 10.6 Å². The highest BCUT2D eigenvalue weighted by Gasteiger charge is 2.06. The maximum Gasteiger partial charge on any atom is 0.225 e. The van der Waals surface area contributed by atoms with Crippen LogP contribution < -0.4 is 5.32 Å². The van der Waals surface area contributed by atoms with E-state index in [-0.39, 0.29) is 5.91 Å². The fourth-order valence-corrected chi connectivity index (χ4v) is 1.28. The Morgan fingerprint density at radius 1 is 1.73 bits per heavy atom. The lowest BCUT2D eigenvalue weighted by molar-refractivity contribution is -0.119. The molecule has 1 N–H and O–H groups in total. The Morgan fingerprint density at radius 2 is 2.45 bits per heavy atom. The molecule has 5 heteroatoms. The Balaban J connectivity index is 2.64. The molecule has 1 aromatic rings. The lowest BCUT2D eigenvalue weighted by Crippen LogP contribution is -2.19. The van der Waals surface area contributed by atoms with Crippen LogP contribution in [0.15, 0.2) is 0 Å². The van der Waals surface area contributed by atoms with E-state index < -0.39 is 0 Å². The third kappa shape index (κ3) is 1.98. The first-order chi connectivity index (χ1) is 5.24. The number of nitrogens with one attached hydrogen (secondary N) is 1. The van der Waals surface area contributed by atoms with Crippen LogP contribution in [0.3, 0.4) is 0 Å². The summed E-state index contributed by atoms with van der Waals surface area (Å²) < 4.78 is 3.72. The van der Waals surface area contributed by atoms with E-state index in [1.54, 1.807) is 7.05 Å². The zero-order chi connectivity index (χ0) is 8.27. The number of carbonyl (C=O) groups excluding carboxylic acids is 1. The van der Waals surface area contributed by atoms with Crippen molar-refractivity contribution in [2.45, 2.75) is 13.3 Å². The maximum absolute atomic E-state index is 10.9. The number of aryl methyl sites for hydroxylation is 1. The Bertz CT molecular complexity index is 258. The Labute approximate surface area is 68.8 Å². The average Bonchev–Trinajstić information content (AvgIpc) is 2.37. The monoisotopic (exact) mass is 171 g/mol. The smallest absolute Gasteiger partial charge is 0.225 e. The first-order valence-corrected chi connectivity index (χ1v) is 3.99. The van der Waals surface area contributed by atoms with Crippen molar-refractivity contribution in [1.29, 1.82) is 0 Å². The van der Waals surface area contributed by atoms with Gasteiger partial charge in [-0.25, -0.2) is 0 Å². The SMILES string of the molecule is CNC(=O)Cc1snnc1C. The van der Waals surface area contributed by atoms with Crippen LogP contribution in [-0.2, 0) is 11.2 Å². The molecule has 0 saturated heterocycles. The van der Waals surface area contributed by atoms with Crippen LogP contribution >= 0.6 is 11.5 Å². The zero-order valence-electron chi connectivity index (χ0n) is 6.42. The van der Waals surface area contributed by atoms with Crippen LogP contribution in [0.4, 0.5) is 0 Å². The van der Waals surface area contributed by atoms with Crippen molar-refractivity contribution in [2.75, 3.05) is 7.05 Å². The van der Waals surface area contributed by atoms with E-state index in [0.29, 0.717) is 6.42 Å². The summed E-state index contributed by atoms with van der Waals surface area (Å²) in [7, 11) is 1.62. The van der Waals surface area contributed by atoms with Crippen LogP contribution in [0.2, 0.25) is 0 Å². The molecule has 1 amide bonds. The Morgan fingerprint density at radius 3 is 2.91 bits per heavy atom. The summed E-state index contributed by atoms with van der Waals surface area (Å²) in [5, 5.41) is 6.34. The number of nitrogens with zero attached hydrogens (tertiary/aromatic N) is 2. The Kier molecular flexibility index (Phi) is 2.53. The summed E-state index contributed by atoms with van der Waals surface area (Å²) >= 11 is 1.27. The van der Waals surface area contributed by atoms with E-state index in [4.69, 9.17) is 0 Å². The number of amides is 1. The average molecular weight is 171 g/mol. The third-order valence-electron chi connectivity index (χ3n) is 1.35. The van der Waals surface area contributed by atoms with Gasteiger partial charge < -0.3 is 5.32 Å². The predicted octanol–water partition coefficient (Wildman–Crippen LogP) is 0.135. The number of hydrogen-bond acceptors (Lipinski definition) is 4. The van der Waals surface area contributed by atoms with Crippen LogP contribution in [0.5, 0.6) is 0 Å². The van der Waals surface area contributed by atoms with E-state index in [0.717, 1.165) is 10.6 Å². The third-order valence-corrected chi connectivity index (χ3v) is 2.17. The molecule has 0 aliphatic heterocycles. The minimum absolute atomic E-state index is 0.000787. The van der Waals surface area contributed by atoms with Gasteiger partial charge in [-0.1, -0.05) is 4.49 Å². The van der Waals surface area contributed by atoms with Crippen molar-refractivity contribution < 1.29 is 4.79 Å². The minimum atomic E-state index is -0.000787. The van der Waals surface area contributed by atoms with Gasteiger partial charge in [-0.2, -0.15) is 0 Å². The molecule has 0 radical (unpaired) electrons. The quantitative estimate of drug-likeness (QED) is 0.688. The summed E-state index contributed by atoms with van der Waals surface area (Å²) in [6.45, 7) is 1.85. The van der Waals surface area contributed by atoms with E-state index in [1.807, 2.05) is 6.92 Å². The van der Waals surface area contributed by atoms with Crippen molar-refractivity contribution in [3.63, 3.8) is 0 Å². The van der Waals surface area contributed by atoms with Gasteiger partial charge in [-0.05, 0) is 18.5 Å². The molecule has 1 rings (SSSR count). The highest BCUT2D eigenvalue weighted by atomic mass is 32.1. The molecule has 4 nitrogen and oxygen atoms in total. The summed E-state index contributed by atoms with van der Waals surface area (Å²) in [6.07, 6.45) is 0.389. The summed E-state index contributed by atoms with van der Waals surface area (Å²) in [6, 6.07) is 0. The number of carbonyl (C=O) groups is 1. The number of likely N-dealkylation sites (N-methyl/N-ethyl adjacent to an activating group) is 1. The number of hydrogen-bond donors (Lipinski definition) is 1. The van der Waals surface area contributed by atoms with E-state index in [1.165, 1.54) is 11.5 Å². The van der Waals surface area contributed by atoms with E-state index >= 15 is 0 Å². The molecule has 0 fully saturated rings. The molecule has 0 bridgehead atoms. The van der Waals surface area contributed by atoms with Crippen molar-refractivity contribution in [3.8, 4) is 0 Å². The highest BCUT2D eigenvalue weighted by molar-refractivity contribution is 7.05. The number of aromatic nitrogens is 2. The van der Waals surface area contributed by atoms with E-state index in [9.17, 15) is 4.79 Å². The van der Waals surface area contributed by atoms with Gasteiger partial charge in [0.1, 0.15) is 0 Å². The van der Waals surface area contributed by atoms with E-state index in [2.05, 4.69) is 14.9 Å². The molecule has 0 aliphatic carbocycles. The fraction of sp³-hybridized carbons (Fsp3) is 0.500. The molecule has 0 saturated carbocycles. The molecular formula is C6H9N3OS. The lowest BCUT2D eigenvalue weighted by Gasteiger charge is -1.94. The van der Waals surface area contributed by atoms with Crippen molar-refractivity contribution >= 4 is 17.4 Å². The summed E-state index contributed by atoms with van der Waals surface area (Å²) in [4.78, 5) is 11.8. The molecule has 1 heterocycles. The second kappa shape index (κ2) is 3.43. The summed E-state index contributed by atoms with van der Waals surface area (Å²) in [5.74, 6) is -0.000787. The second-order valence-electron chi connectivity index (χ2n) is 2.13. The van der Waals surface area contributed by atoms with Crippen LogP contribution in [0, 0.1) is 6.92 Å². The van der Waals surface area contributed by atoms with Crippen molar-refractivity contribution in [1.82, 2.24) is 14.9 Å². The first kappa shape index (κ1) is 8.13. The van der Waals surface area contributed by atoms with Gasteiger partial charge in [0.2, 0.25) is 5.91 Å². The maximum atomic E-state index is 10.9. The standard InChI is InChI=1S/C6H9N3OS/c1-4-5(11-9-8-4)3-6(10)7-2/h3H2,1-2H3,(H,7,10). The topological polar surface area (TPSA) is 54.9 Å². The first-order valence-electron chi connectivity index (χ1n) is 3.22. The number of rotatable bonds is 2. The molecule has 1 aromatic heterocycles. The van der Waals surface area contributed by atoms with Crippen LogP contribution in [-0.4, -0.2) is 22.5 Å². The summed E-state index contributed by atoms with van der Waals surface area (Å²) in [5.41, 5.74) is 0.846. The molecule has 11 heavy (non-hydrogen) atoms. The predicted molar refractivity (Wildman–Crippen MR) is 42.4 cm³/mol. The molecule has 0 spiro atoms. The van der Waals surface area contributed by atoms with Crippen LogP contribution in [0.1, 0.15) is 10.6 Å². The lowest BCUT2D eigenvalue weighted by atomic mass is 10.3. The fourth-order valence-electron chi connectivity index (χ4n) is 0.647. The second-order valence-corrected chi connectivity index (χ2v) is 2.97. The Hall–Kier alpha value is -0.970. The molecular weight excluding hydrogens is 162 g/mol. The van der Waals surface area contributed by atoms with Gasteiger partial charge in [-0.3, -0.25) is 4.79 Å². The van der Waals surface area contributed by atoms with Gasteiger partial charge in [0.05, 0.1) is 17.0 Å². The van der Waals surface area contributed by atoms with Gasteiger partial charge in [0.25, 0.3) is 0 Å². The van der Waals surface area contributed by atoms with Gasteiger partial charge in [0.15, 0.2) is 0 Å². The van der Waals surface area contributed by atoms with Gasteiger partial charge in [-0.15, -0.1) is 5.10 Å².